The van der Waals surface area contributed by atoms with E-state index in [1.165, 1.54) is 0 Å². The van der Waals surface area contributed by atoms with Gasteiger partial charge in [0.2, 0.25) is 0 Å². The second kappa shape index (κ2) is 9.15. The third-order valence-electron chi connectivity index (χ3n) is 3.78. The maximum absolute atomic E-state index is 8.94. The molecule has 5 heteroatoms. The van der Waals surface area contributed by atoms with Gasteiger partial charge in [0.25, 0.3) is 0 Å². The molecule has 0 saturated heterocycles. The van der Waals surface area contributed by atoms with E-state index in [-0.39, 0.29) is 12.5 Å². The molecule has 2 rings (SSSR count). The van der Waals surface area contributed by atoms with Crippen molar-refractivity contribution in [1.29, 1.82) is 0 Å². The molecule has 0 heterocycles. The van der Waals surface area contributed by atoms with Crippen molar-refractivity contribution in [3.05, 3.63) is 67.6 Å². The van der Waals surface area contributed by atoms with E-state index in [0.29, 0.717) is 20.1 Å². The first-order chi connectivity index (χ1) is 11.0. The van der Waals surface area contributed by atoms with Crippen molar-refractivity contribution in [1.82, 2.24) is 0 Å². The molecule has 0 saturated carbocycles. The van der Waals surface area contributed by atoms with Gasteiger partial charge in [0, 0.05) is 22.6 Å². The van der Waals surface area contributed by atoms with Gasteiger partial charge in [-0.2, -0.15) is 0 Å². The fourth-order valence-corrected chi connectivity index (χ4v) is 3.52. The number of hydrogen-bond acceptors (Lipinski definition) is 1. The number of rotatable bonds is 7. The predicted octanol–water partition coefficient (Wildman–Crippen LogP) is 6.98. The minimum atomic E-state index is 0.139. The summed E-state index contributed by atoms with van der Waals surface area (Å²) in [6.07, 6.45) is 3.71. The summed E-state index contributed by atoms with van der Waals surface area (Å²) in [5, 5.41) is 11.3. The van der Waals surface area contributed by atoms with Crippen molar-refractivity contribution < 1.29 is 5.11 Å². The van der Waals surface area contributed by atoms with Gasteiger partial charge in [-0.15, -0.1) is 0 Å². The topological polar surface area (TPSA) is 20.2 Å². The Balaban J connectivity index is 2.32. The SMILES string of the molecule is OCCCCCC(c1cc(Cl)cc(Cl)c1)c1ccc(Cl)c(Cl)c1. The number of hydrogen-bond donors (Lipinski definition) is 1. The molecule has 1 N–H and O–H groups in total. The molecule has 2 aromatic carbocycles. The first kappa shape index (κ1) is 18.9. The summed E-state index contributed by atoms with van der Waals surface area (Å²) >= 11 is 24.5. The van der Waals surface area contributed by atoms with Crippen LogP contribution in [0.25, 0.3) is 0 Å². The highest BCUT2D eigenvalue weighted by Crippen LogP contribution is 2.36. The standard InChI is InChI=1S/C18H18Cl4O/c19-14-8-13(9-15(20)11-14)16(4-2-1-3-7-23)12-5-6-17(21)18(22)10-12/h5-6,8-11,16,23H,1-4,7H2. The lowest BCUT2D eigenvalue weighted by molar-refractivity contribution is 0.282. The second-order valence-electron chi connectivity index (χ2n) is 5.50. The monoisotopic (exact) mass is 390 g/mol. The van der Waals surface area contributed by atoms with Crippen LogP contribution in [0.5, 0.6) is 0 Å². The molecule has 0 aromatic heterocycles. The van der Waals surface area contributed by atoms with Gasteiger partial charge in [-0.05, 0) is 54.3 Å². The fourth-order valence-electron chi connectivity index (χ4n) is 2.67. The molecule has 0 amide bonds. The Morgan fingerprint density at radius 1 is 0.739 bits per heavy atom. The van der Waals surface area contributed by atoms with Gasteiger partial charge in [0.15, 0.2) is 0 Å². The van der Waals surface area contributed by atoms with Crippen LogP contribution in [0.1, 0.15) is 42.7 Å². The van der Waals surface area contributed by atoms with Crippen molar-refractivity contribution in [3.63, 3.8) is 0 Å². The van der Waals surface area contributed by atoms with E-state index >= 15 is 0 Å². The Morgan fingerprint density at radius 3 is 2.04 bits per heavy atom. The lowest BCUT2D eigenvalue weighted by atomic mass is 9.87. The third kappa shape index (κ3) is 5.55. The van der Waals surface area contributed by atoms with Crippen LogP contribution in [0.4, 0.5) is 0 Å². The summed E-state index contributed by atoms with van der Waals surface area (Å²) in [5.74, 6) is 0.139. The van der Waals surface area contributed by atoms with Gasteiger partial charge in [0.05, 0.1) is 10.0 Å². The van der Waals surface area contributed by atoms with Gasteiger partial charge in [-0.25, -0.2) is 0 Å². The van der Waals surface area contributed by atoms with E-state index in [1.54, 1.807) is 6.07 Å². The maximum atomic E-state index is 8.94. The van der Waals surface area contributed by atoms with Crippen LogP contribution in [0.3, 0.4) is 0 Å². The van der Waals surface area contributed by atoms with Crippen LogP contribution >= 0.6 is 46.4 Å². The number of aliphatic hydroxyl groups is 1. The zero-order chi connectivity index (χ0) is 16.8. The Bertz CT molecular complexity index is 637. The molecule has 1 unspecified atom stereocenters. The molecule has 0 aliphatic rings. The van der Waals surface area contributed by atoms with Gasteiger partial charge >= 0.3 is 0 Å². The average Bonchev–Trinajstić information content (AvgIpc) is 2.49. The normalized spacial score (nSPS) is 12.4. The van der Waals surface area contributed by atoms with E-state index in [1.807, 2.05) is 30.3 Å². The minimum Gasteiger partial charge on any atom is -0.396 e. The summed E-state index contributed by atoms with van der Waals surface area (Å²) < 4.78 is 0. The van der Waals surface area contributed by atoms with Crippen molar-refractivity contribution in [2.24, 2.45) is 0 Å². The minimum absolute atomic E-state index is 0.139. The smallest absolute Gasteiger partial charge is 0.0595 e. The first-order valence-corrected chi connectivity index (χ1v) is 9.04. The molecule has 1 atom stereocenters. The number of benzene rings is 2. The Labute approximate surface area is 157 Å². The molecule has 23 heavy (non-hydrogen) atoms. The third-order valence-corrected chi connectivity index (χ3v) is 4.96. The van der Waals surface area contributed by atoms with Crippen molar-refractivity contribution >= 4 is 46.4 Å². The number of aliphatic hydroxyl groups excluding tert-OH is 1. The molecule has 0 spiro atoms. The molecular formula is C18H18Cl4O. The van der Waals surface area contributed by atoms with Crippen LogP contribution in [0, 0.1) is 0 Å². The Morgan fingerprint density at radius 2 is 1.43 bits per heavy atom. The van der Waals surface area contributed by atoms with Gasteiger partial charge < -0.3 is 5.11 Å². The maximum Gasteiger partial charge on any atom is 0.0595 e. The zero-order valence-electron chi connectivity index (χ0n) is 12.5. The summed E-state index contributed by atoms with van der Waals surface area (Å²) in [4.78, 5) is 0. The van der Waals surface area contributed by atoms with Crippen molar-refractivity contribution in [2.45, 2.75) is 31.6 Å². The van der Waals surface area contributed by atoms with Gasteiger partial charge in [-0.1, -0.05) is 65.3 Å². The lowest BCUT2D eigenvalue weighted by Gasteiger charge is -2.19. The molecule has 0 aliphatic carbocycles. The van der Waals surface area contributed by atoms with Crippen molar-refractivity contribution in [3.8, 4) is 0 Å². The van der Waals surface area contributed by atoms with Crippen LogP contribution in [0.2, 0.25) is 20.1 Å². The highest BCUT2D eigenvalue weighted by molar-refractivity contribution is 6.42. The summed E-state index contributed by atoms with van der Waals surface area (Å²) in [7, 11) is 0. The van der Waals surface area contributed by atoms with E-state index in [4.69, 9.17) is 51.5 Å². The molecule has 0 bridgehead atoms. The van der Waals surface area contributed by atoms with Crippen molar-refractivity contribution in [2.75, 3.05) is 6.61 Å². The van der Waals surface area contributed by atoms with Crippen LogP contribution < -0.4 is 0 Å². The number of unbranched alkanes of at least 4 members (excludes halogenated alkanes) is 2. The summed E-state index contributed by atoms with van der Waals surface area (Å²) in [6.45, 7) is 0.223. The first-order valence-electron chi connectivity index (χ1n) is 7.53. The largest absolute Gasteiger partial charge is 0.396 e. The molecular weight excluding hydrogens is 374 g/mol. The van der Waals surface area contributed by atoms with Gasteiger partial charge in [0.1, 0.15) is 0 Å². The quantitative estimate of drug-likeness (QED) is 0.504. The molecule has 0 aliphatic heterocycles. The van der Waals surface area contributed by atoms with E-state index in [0.717, 1.165) is 36.8 Å². The highest BCUT2D eigenvalue weighted by Gasteiger charge is 2.16. The van der Waals surface area contributed by atoms with E-state index in [9.17, 15) is 0 Å². The number of halogens is 4. The average molecular weight is 392 g/mol. The second-order valence-corrected chi connectivity index (χ2v) is 7.19. The lowest BCUT2D eigenvalue weighted by Crippen LogP contribution is -2.02. The predicted molar refractivity (Wildman–Crippen MR) is 100 cm³/mol. The van der Waals surface area contributed by atoms with Gasteiger partial charge in [-0.3, -0.25) is 0 Å². The summed E-state index contributed by atoms with van der Waals surface area (Å²) in [5.41, 5.74) is 2.15. The summed E-state index contributed by atoms with van der Waals surface area (Å²) in [6, 6.07) is 11.3. The Hall–Kier alpha value is -0.440. The molecule has 2 aromatic rings. The van der Waals surface area contributed by atoms with Crippen LogP contribution in [-0.4, -0.2) is 11.7 Å². The molecule has 0 radical (unpaired) electrons. The fraction of sp³-hybridized carbons (Fsp3) is 0.333. The molecule has 1 nitrogen and oxygen atoms in total. The highest BCUT2D eigenvalue weighted by atomic mass is 35.5. The molecule has 0 fully saturated rings. The Kier molecular flexibility index (Phi) is 7.52. The molecule has 124 valence electrons. The zero-order valence-corrected chi connectivity index (χ0v) is 15.6. The van der Waals surface area contributed by atoms with Crippen LogP contribution in [-0.2, 0) is 0 Å². The van der Waals surface area contributed by atoms with E-state index in [2.05, 4.69) is 0 Å². The van der Waals surface area contributed by atoms with Crippen LogP contribution in [0.15, 0.2) is 36.4 Å². The van der Waals surface area contributed by atoms with E-state index < -0.39 is 0 Å².